The Hall–Kier alpha value is -0.570. The maximum absolute atomic E-state index is 10.9. The lowest BCUT2D eigenvalue weighted by molar-refractivity contribution is -0.119. The van der Waals surface area contributed by atoms with Gasteiger partial charge in [-0.1, -0.05) is 13.8 Å². The highest BCUT2D eigenvalue weighted by Gasteiger charge is 2.25. The number of hydrogen-bond acceptors (Lipinski definition) is 2. The largest absolute Gasteiger partial charge is 0.354 e. The Kier molecular flexibility index (Phi) is 2.49. The van der Waals surface area contributed by atoms with Crippen molar-refractivity contribution in [1.29, 1.82) is 0 Å². The van der Waals surface area contributed by atoms with Crippen LogP contribution in [-0.2, 0) is 4.79 Å². The predicted molar refractivity (Wildman–Crippen MR) is 44.3 cm³/mol. The number of amides is 1. The molecule has 1 atom stereocenters. The summed E-state index contributed by atoms with van der Waals surface area (Å²) < 4.78 is 0. The van der Waals surface area contributed by atoms with Crippen molar-refractivity contribution in [1.82, 2.24) is 10.6 Å². The number of carbonyl (C=O) groups excluding carboxylic acids is 1. The average Bonchev–Trinajstić information content (AvgIpc) is 2.15. The highest BCUT2D eigenvalue weighted by molar-refractivity contribution is 5.78. The minimum atomic E-state index is 0.113. The third kappa shape index (κ3) is 2.19. The van der Waals surface area contributed by atoms with E-state index >= 15 is 0 Å². The number of hydrogen-bond donors (Lipinski definition) is 2. The molecular formula is C8H16N2O. The maximum atomic E-state index is 10.9. The second-order valence-corrected chi connectivity index (χ2v) is 3.54. The molecule has 0 aromatic heterocycles. The van der Waals surface area contributed by atoms with Gasteiger partial charge in [-0.15, -0.1) is 0 Å². The van der Waals surface area contributed by atoms with Crippen molar-refractivity contribution in [2.45, 2.75) is 20.3 Å². The first-order chi connectivity index (χ1) is 5.16. The van der Waals surface area contributed by atoms with Gasteiger partial charge < -0.3 is 10.6 Å². The van der Waals surface area contributed by atoms with Gasteiger partial charge in [0.05, 0.1) is 6.54 Å². The molecule has 1 aliphatic heterocycles. The molecule has 1 unspecified atom stereocenters. The Balaban J connectivity index is 2.52. The molecule has 1 saturated heterocycles. The number of carbonyl (C=O) groups is 1. The quantitative estimate of drug-likeness (QED) is 0.566. The topological polar surface area (TPSA) is 41.1 Å². The third-order valence-electron chi connectivity index (χ3n) is 2.40. The standard InChI is InChI=1S/C8H16N2O/c1-3-8(2)5-9-4-7(11)10-6-8/h9H,3-6H2,1-2H3,(H,10,11). The summed E-state index contributed by atoms with van der Waals surface area (Å²) in [6.45, 7) is 6.54. The fourth-order valence-corrected chi connectivity index (χ4v) is 1.16. The van der Waals surface area contributed by atoms with Crippen LogP contribution in [0, 0.1) is 5.41 Å². The van der Waals surface area contributed by atoms with Crippen LogP contribution in [-0.4, -0.2) is 25.5 Å². The van der Waals surface area contributed by atoms with Gasteiger partial charge in [-0.05, 0) is 11.8 Å². The van der Waals surface area contributed by atoms with Crippen LogP contribution in [0.3, 0.4) is 0 Å². The second-order valence-electron chi connectivity index (χ2n) is 3.54. The van der Waals surface area contributed by atoms with Crippen LogP contribution < -0.4 is 10.6 Å². The highest BCUT2D eigenvalue weighted by Crippen LogP contribution is 2.19. The Morgan fingerprint density at radius 3 is 2.91 bits per heavy atom. The molecule has 64 valence electrons. The molecule has 0 aliphatic carbocycles. The Morgan fingerprint density at radius 2 is 2.27 bits per heavy atom. The van der Waals surface area contributed by atoms with Gasteiger partial charge in [-0.3, -0.25) is 4.79 Å². The SMILES string of the molecule is CCC1(C)CNCC(=O)NC1. The fraction of sp³-hybridized carbons (Fsp3) is 0.875. The molecule has 3 nitrogen and oxygen atoms in total. The fourth-order valence-electron chi connectivity index (χ4n) is 1.16. The molecule has 1 rings (SSSR count). The minimum Gasteiger partial charge on any atom is -0.354 e. The van der Waals surface area contributed by atoms with Crippen LogP contribution in [0.1, 0.15) is 20.3 Å². The van der Waals surface area contributed by atoms with E-state index in [1.165, 1.54) is 0 Å². The van der Waals surface area contributed by atoms with Gasteiger partial charge in [0, 0.05) is 13.1 Å². The molecule has 11 heavy (non-hydrogen) atoms. The maximum Gasteiger partial charge on any atom is 0.233 e. The lowest BCUT2D eigenvalue weighted by atomic mass is 9.88. The van der Waals surface area contributed by atoms with E-state index in [4.69, 9.17) is 0 Å². The monoisotopic (exact) mass is 156 g/mol. The summed E-state index contributed by atoms with van der Waals surface area (Å²) in [5.41, 5.74) is 0.242. The van der Waals surface area contributed by atoms with Crippen molar-refractivity contribution in [3.8, 4) is 0 Å². The van der Waals surface area contributed by atoms with Crippen LogP contribution in [0.15, 0.2) is 0 Å². The molecule has 0 aromatic rings. The molecule has 3 heteroatoms. The lowest BCUT2D eigenvalue weighted by Gasteiger charge is -2.25. The summed E-state index contributed by atoms with van der Waals surface area (Å²) in [6, 6.07) is 0. The van der Waals surface area contributed by atoms with E-state index < -0.39 is 0 Å². The van der Waals surface area contributed by atoms with Crippen molar-refractivity contribution in [3.63, 3.8) is 0 Å². The van der Waals surface area contributed by atoms with Crippen molar-refractivity contribution < 1.29 is 4.79 Å². The molecular weight excluding hydrogens is 140 g/mol. The van der Waals surface area contributed by atoms with Crippen molar-refractivity contribution in [3.05, 3.63) is 0 Å². The second kappa shape index (κ2) is 3.22. The smallest absolute Gasteiger partial charge is 0.233 e. The minimum absolute atomic E-state index is 0.113. The summed E-state index contributed by atoms with van der Waals surface area (Å²) in [7, 11) is 0. The molecule has 0 bridgehead atoms. The van der Waals surface area contributed by atoms with Crippen molar-refractivity contribution in [2.24, 2.45) is 5.41 Å². The van der Waals surface area contributed by atoms with Crippen molar-refractivity contribution in [2.75, 3.05) is 19.6 Å². The summed E-state index contributed by atoms with van der Waals surface area (Å²) >= 11 is 0. The van der Waals surface area contributed by atoms with Gasteiger partial charge in [0.1, 0.15) is 0 Å². The molecule has 0 saturated carbocycles. The van der Waals surface area contributed by atoms with Crippen molar-refractivity contribution >= 4 is 5.91 Å². The third-order valence-corrected chi connectivity index (χ3v) is 2.40. The summed E-state index contributed by atoms with van der Waals surface area (Å²) in [5, 5.41) is 6.01. The van der Waals surface area contributed by atoms with E-state index in [1.54, 1.807) is 0 Å². The van der Waals surface area contributed by atoms with E-state index in [1.807, 2.05) is 0 Å². The number of nitrogens with one attached hydrogen (secondary N) is 2. The summed E-state index contributed by atoms with van der Waals surface area (Å²) in [6.07, 6.45) is 1.10. The average molecular weight is 156 g/mol. The molecule has 1 heterocycles. The summed E-state index contributed by atoms with van der Waals surface area (Å²) in [5.74, 6) is 0.113. The lowest BCUT2D eigenvalue weighted by Crippen LogP contribution is -2.35. The van der Waals surface area contributed by atoms with Crippen LogP contribution in [0.5, 0.6) is 0 Å². The van der Waals surface area contributed by atoms with Gasteiger partial charge in [-0.25, -0.2) is 0 Å². The first-order valence-corrected chi connectivity index (χ1v) is 4.14. The van der Waals surface area contributed by atoms with E-state index in [2.05, 4.69) is 24.5 Å². The normalized spacial score (nSPS) is 32.7. The molecule has 0 radical (unpaired) electrons. The molecule has 0 aromatic carbocycles. The summed E-state index contributed by atoms with van der Waals surface area (Å²) in [4.78, 5) is 10.9. The zero-order chi connectivity index (χ0) is 8.32. The number of rotatable bonds is 1. The molecule has 0 spiro atoms. The Morgan fingerprint density at radius 1 is 1.55 bits per heavy atom. The first-order valence-electron chi connectivity index (χ1n) is 4.14. The van der Waals surface area contributed by atoms with E-state index in [0.717, 1.165) is 19.5 Å². The van der Waals surface area contributed by atoms with Gasteiger partial charge in [0.25, 0.3) is 0 Å². The van der Waals surface area contributed by atoms with Crippen LogP contribution in [0.4, 0.5) is 0 Å². The molecule has 2 N–H and O–H groups in total. The van der Waals surface area contributed by atoms with Crippen LogP contribution in [0.2, 0.25) is 0 Å². The molecule has 1 fully saturated rings. The van der Waals surface area contributed by atoms with E-state index in [-0.39, 0.29) is 11.3 Å². The predicted octanol–water partition coefficient (Wildman–Crippen LogP) is 0.122. The van der Waals surface area contributed by atoms with Gasteiger partial charge >= 0.3 is 0 Å². The van der Waals surface area contributed by atoms with E-state index in [0.29, 0.717) is 6.54 Å². The molecule has 1 aliphatic rings. The Bertz CT molecular complexity index is 158. The Labute approximate surface area is 67.5 Å². The highest BCUT2D eigenvalue weighted by atomic mass is 16.1. The van der Waals surface area contributed by atoms with Gasteiger partial charge in [-0.2, -0.15) is 0 Å². The first kappa shape index (κ1) is 8.53. The molecule has 1 amide bonds. The zero-order valence-corrected chi connectivity index (χ0v) is 7.24. The van der Waals surface area contributed by atoms with Crippen LogP contribution >= 0.6 is 0 Å². The van der Waals surface area contributed by atoms with Gasteiger partial charge in [0.15, 0.2) is 0 Å². The van der Waals surface area contributed by atoms with Crippen LogP contribution in [0.25, 0.3) is 0 Å². The van der Waals surface area contributed by atoms with Gasteiger partial charge in [0.2, 0.25) is 5.91 Å². The zero-order valence-electron chi connectivity index (χ0n) is 7.24. The van der Waals surface area contributed by atoms with E-state index in [9.17, 15) is 4.79 Å².